The van der Waals surface area contributed by atoms with Gasteiger partial charge in [-0.2, -0.15) is 4.31 Å². The van der Waals surface area contributed by atoms with Crippen molar-refractivity contribution in [2.75, 3.05) is 39.8 Å². The Labute approximate surface area is 196 Å². The third-order valence-corrected chi connectivity index (χ3v) is 8.59. The Balaban J connectivity index is 1.18. The zero-order valence-electron chi connectivity index (χ0n) is 19.2. The summed E-state index contributed by atoms with van der Waals surface area (Å²) in [5.74, 6) is 0.532. The van der Waals surface area contributed by atoms with Crippen molar-refractivity contribution in [3.8, 4) is 5.75 Å². The van der Waals surface area contributed by atoms with Crippen LogP contribution in [0.15, 0.2) is 53.4 Å². The van der Waals surface area contributed by atoms with Crippen LogP contribution in [0.25, 0.3) is 0 Å². The Kier molecular flexibility index (Phi) is 7.67. The Morgan fingerprint density at radius 3 is 2.42 bits per heavy atom. The standard InChI is InChI=1S/C25H33N3O4S/c1-32-23-7-9-24(10-8-23)33(30,31)28-17-12-21(13-18-28)25(29)26-14-4-15-27-16-11-20-5-2-3-6-22(20)19-27/h2-3,5-10,21H,4,11-19H2,1H3,(H,26,29). The summed E-state index contributed by atoms with van der Waals surface area (Å²) in [7, 11) is -2.00. The SMILES string of the molecule is COc1ccc(S(=O)(=O)N2CCC(C(=O)NCCCN3CCc4ccccc4C3)CC2)cc1. The van der Waals surface area contributed by atoms with Crippen LogP contribution in [0.4, 0.5) is 0 Å². The fourth-order valence-corrected chi connectivity index (χ4v) is 6.13. The van der Waals surface area contributed by atoms with E-state index >= 15 is 0 Å². The molecule has 178 valence electrons. The summed E-state index contributed by atoms with van der Waals surface area (Å²) in [6.45, 7) is 4.38. The van der Waals surface area contributed by atoms with E-state index in [1.807, 2.05) is 0 Å². The number of hydrogen-bond acceptors (Lipinski definition) is 5. The largest absolute Gasteiger partial charge is 0.497 e. The van der Waals surface area contributed by atoms with Crippen LogP contribution in [-0.2, 0) is 27.8 Å². The minimum Gasteiger partial charge on any atom is -0.497 e. The van der Waals surface area contributed by atoms with E-state index in [1.54, 1.807) is 31.4 Å². The second-order valence-electron chi connectivity index (χ2n) is 8.79. The van der Waals surface area contributed by atoms with Crippen LogP contribution in [0.3, 0.4) is 0 Å². The first-order valence-corrected chi connectivity index (χ1v) is 13.1. The molecule has 0 aromatic heterocycles. The fraction of sp³-hybridized carbons (Fsp3) is 0.480. The van der Waals surface area contributed by atoms with Gasteiger partial charge in [0.25, 0.3) is 0 Å². The van der Waals surface area contributed by atoms with Crippen molar-refractivity contribution >= 4 is 15.9 Å². The molecule has 2 aliphatic heterocycles. The number of nitrogens with zero attached hydrogens (tertiary/aromatic N) is 2. The molecule has 1 fully saturated rings. The highest BCUT2D eigenvalue weighted by Gasteiger charge is 2.32. The maximum absolute atomic E-state index is 12.9. The van der Waals surface area contributed by atoms with E-state index in [1.165, 1.54) is 15.4 Å². The number of methoxy groups -OCH3 is 1. The van der Waals surface area contributed by atoms with Gasteiger partial charge in [0, 0.05) is 45.2 Å². The summed E-state index contributed by atoms with van der Waals surface area (Å²) in [5, 5.41) is 3.06. The van der Waals surface area contributed by atoms with Gasteiger partial charge in [-0.3, -0.25) is 9.69 Å². The lowest BCUT2D eigenvalue weighted by molar-refractivity contribution is -0.126. The Morgan fingerprint density at radius 2 is 1.73 bits per heavy atom. The van der Waals surface area contributed by atoms with Crippen LogP contribution in [0.1, 0.15) is 30.4 Å². The van der Waals surface area contributed by atoms with E-state index in [0.717, 1.165) is 32.5 Å². The molecule has 0 saturated carbocycles. The summed E-state index contributed by atoms with van der Waals surface area (Å²) < 4.78 is 32.3. The Hall–Kier alpha value is -2.42. The number of carbonyl (C=O) groups is 1. The topological polar surface area (TPSA) is 79.0 Å². The molecular weight excluding hydrogens is 438 g/mol. The smallest absolute Gasteiger partial charge is 0.243 e. The summed E-state index contributed by atoms with van der Waals surface area (Å²) in [5.41, 5.74) is 2.85. The number of nitrogens with one attached hydrogen (secondary N) is 1. The quantitative estimate of drug-likeness (QED) is 0.599. The molecule has 2 aliphatic rings. The lowest BCUT2D eigenvalue weighted by Gasteiger charge is -2.31. The number of hydrogen-bond donors (Lipinski definition) is 1. The number of benzene rings is 2. The molecule has 33 heavy (non-hydrogen) atoms. The number of sulfonamides is 1. The number of carbonyl (C=O) groups excluding carboxylic acids is 1. The van der Waals surface area contributed by atoms with Crippen LogP contribution in [0.2, 0.25) is 0 Å². The maximum atomic E-state index is 12.9. The van der Waals surface area contributed by atoms with Gasteiger partial charge in [-0.05, 0) is 61.1 Å². The average molecular weight is 472 g/mol. The second kappa shape index (κ2) is 10.7. The molecule has 1 saturated heterocycles. The highest BCUT2D eigenvalue weighted by Crippen LogP contribution is 2.25. The van der Waals surface area contributed by atoms with E-state index in [4.69, 9.17) is 4.74 Å². The van der Waals surface area contributed by atoms with Crippen LogP contribution < -0.4 is 10.1 Å². The monoisotopic (exact) mass is 471 g/mol. The molecule has 2 heterocycles. The third-order valence-electron chi connectivity index (χ3n) is 6.68. The normalized spacial score (nSPS) is 18.0. The zero-order chi connectivity index (χ0) is 23.3. The summed E-state index contributed by atoms with van der Waals surface area (Å²) >= 11 is 0. The van der Waals surface area contributed by atoms with Crippen LogP contribution in [0.5, 0.6) is 5.75 Å². The first-order chi connectivity index (χ1) is 16.0. The molecule has 0 unspecified atom stereocenters. The van der Waals surface area contributed by atoms with E-state index in [9.17, 15) is 13.2 Å². The molecular formula is C25H33N3O4S. The van der Waals surface area contributed by atoms with Crippen molar-refractivity contribution < 1.29 is 17.9 Å². The highest BCUT2D eigenvalue weighted by molar-refractivity contribution is 7.89. The molecule has 1 N–H and O–H groups in total. The summed E-state index contributed by atoms with van der Waals surface area (Å²) in [4.78, 5) is 15.3. The van der Waals surface area contributed by atoms with Gasteiger partial charge >= 0.3 is 0 Å². The molecule has 0 atom stereocenters. The molecule has 2 aromatic carbocycles. The molecule has 0 radical (unpaired) electrons. The van der Waals surface area contributed by atoms with E-state index in [0.29, 0.717) is 38.2 Å². The van der Waals surface area contributed by atoms with Gasteiger partial charge in [0.2, 0.25) is 15.9 Å². The van der Waals surface area contributed by atoms with E-state index in [2.05, 4.69) is 34.5 Å². The van der Waals surface area contributed by atoms with Crippen LogP contribution in [-0.4, -0.2) is 63.4 Å². The first-order valence-electron chi connectivity index (χ1n) is 11.7. The highest BCUT2D eigenvalue weighted by atomic mass is 32.2. The van der Waals surface area contributed by atoms with E-state index < -0.39 is 10.0 Å². The molecule has 8 heteroatoms. The molecule has 2 aromatic rings. The number of ether oxygens (including phenoxy) is 1. The summed E-state index contributed by atoms with van der Waals surface area (Å²) in [6, 6.07) is 15.0. The Morgan fingerprint density at radius 1 is 1.03 bits per heavy atom. The van der Waals surface area contributed by atoms with Gasteiger partial charge in [0.15, 0.2) is 0 Å². The number of amides is 1. The maximum Gasteiger partial charge on any atom is 0.243 e. The van der Waals surface area contributed by atoms with Gasteiger partial charge in [0.05, 0.1) is 12.0 Å². The molecule has 1 amide bonds. The van der Waals surface area contributed by atoms with Gasteiger partial charge in [-0.1, -0.05) is 24.3 Å². The van der Waals surface area contributed by atoms with Crippen molar-refractivity contribution in [3.63, 3.8) is 0 Å². The van der Waals surface area contributed by atoms with Crippen molar-refractivity contribution in [2.24, 2.45) is 5.92 Å². The molecule has 0 spiro atoms. The molecule has 0 bridgehead atoms. The minimum atomic E-state index is -3.55. The number of fused-ring (bicyclic) bond motifs is 1. The van der Waals surface area contributed by atoms with Crippen molar-refractivity contribution in [3.05, 3.63) is 59.7 Å². The third kappa shape index (κ3) is 5.75. The van der Waals surface area contributed by atoms with Crippen molar-refractivity contribution in [2.45, 2.75) is 37.1 Å². The fourth-order valence-electron chi connectivity index (χ4n) is 4.66. The van der Waals surface area contributed by atoms with Crippen molar-refractivity contribution in [1.29, 1.82) is 0 Å². The van der Waals surface area contributed by atoms with Gasteiger partial charge in [-0.25, -0.2) is 8.42 Å². The van der Waals surface area contributed by atoms with Crippen LogP contribution >= 0.6 is 0 Å². The van der Waals surface area contributed by atoms with Crippen molar-refractivity contribution in [1.82, 2.24) is 14.5 Å². The molecule has 4 rings (SSSR count). The Bertz CT molecular complexity index is 1050. The number of piperidine rings is 1. The predicted octanol–water partition coefficient (Wildman–Crippen LogP) is 2.66. The average Bonchev–Trinajstić information content (AvgIpc) is 2.86. The van der Waals surface area contributed by atoms with E-state index in [-0.39, 0.29) is 16.7 Å². The zero-order valence-corrected chi connectivity index (χ0v) is 20.0. The minimum absolute atomic E-state index is 0.0421. The van der Waals surface area contributed by atoms with Gasteiger partial charge < -0.3 is 10.1 Å². The lowest BCUT2D eigenvalue weighted by Crippen LogP contribution is -2.43. The molecule has 0 aliphatic carbocycles. The van der Waals surface area contributed by atoms with Crippen LogP contribution in [0, 0.1) is 5.92 Å². The lowest BCUT2D eigenvalue weighted by atomic mass is 9.97. The van der Waals surface area contributed by atoms with Gasteiger partial charge in [-0.15, -0.1) is 0 Å². The second-order valence-corrected chi connectivity index (χ2v) is 10.7. The predicted molar refractivity (Wildman–Crippen MR) is 128 cm³/mol. The molecule has 7 nitrogen and oxygen atoms in total. The number of rotatable bonds is 8. The first kappa shape index (κ1) is 23.7. The van der Waals surface area contributed by atoms with Gasteiger partial charge in [0.1, 0.15) is 5.75 Å². The summed E-state index contributed by atoms with van der Waals surface area (Å²) in [6.07, 6.45) is 3.09.